The number of hydrogen-bond donors (Lipinski definition) is 0. The zero-order chi connectivity index (χ0) is 21.3. The summed E-state index contributed by atoms with van der Waals surface area (Å²) in [6.07, 6.45) is 6.91. The predicted octanol–water partition coefficient (Wildman–Crippen LogP) is 7.00. The number of ether oxygens (including phenoxy) is 1. The van der Waals surface area contributed by atoms with E-state index in [1.54, 1.807) is 7.11 Å². The predicted molar refractivity (Wildman–Crippen MR) is 127 cm³/mol. The standard InChI is InChI=1S/C25H32ClN3O/c1-5-8-17(9-6-2)20-12-13-21(26)23-24(20)28(3)25(27-23)29-15-7-10-18-16-19(30-4)11-14-22(18)29/h11-14,16-17H,5-10,15H2,1-4H3. The lowest BCUT2D eigenvalue weighted by atomic mass is 9.89. The van der Waals surface area contributed by atoms with Crippen molar-refractivity contribution in [3.8, 4) is 5.75 Å². The Kier molecular flexibility index (Phi) is 6.24. The fourth-order valence-electron chi connectivity index (χ4n) is 4.94. The molecule has 0 aliphatic carbocycles. The molecule has 160 valence electrons. The van der Waals surface area contributed by atoms with E-state index in [9.17, 15) is 0 Å². The summed E-state index contributed by atoms with van der Waals surface area (Å²) in [5.41, 5.74) is 6.02. The molecule has 1 aliphatic heterocycles. The third-order valence-corrected chi connectivity index (χ3v) is 6.65. The summed E-state index contributed by atoms with van der Waals surface area (Å²) >= 11 is 6.64. The van der Waals surface area contributed by atoms with Gasteiger partial charge in [0.15, 0.2) is 0 Å². The largest absolute Gasteiger partial charge is 0.497 e. The number of hydrogen-bond acceptors (Lipinski definition) is 3. The SMILES string of the molecule is CCCC(CCC)c1ccc(Cl)c2nc(N3CCCc4cc(OC)ccc43)n(C)c12. The van der Waals surface area contributed by atoms with E-state index in [1.165, 1.54) is 48.0 Å². The number of anilines is 2. The van der Waals surface area contributed by atoms with Crippen molar-refractivity contribution in [1.29, 1.82) is 0 Å². The molecule has 30 heavy (non-hydrogen) atoms. The van der Waals surface area contributed by atoms with E-state index in [-0.39, 0.29) is 0 Å². The van der Waals surface area contributed by atoms with Crippen molar-refractivity contribution in [2.24, 2.45) is 7.05 Å². The topological polar surface area (TPSA) is 30.3 Å². The van der Waals surface area contributed by atoms with E-state index in [2.05, 4.69) is 48.6 Å². The maximum atomic E-state index is 6.64. The fourth-order valence-corrected chi connectivity index (χ4v) is 5.13. The number of fused-ring (bicyclic) bond motifs is 2. The molecule has 3 aromatic rings. The molecule has 0 saturated heterocycles. The second-order valence-corrected chi connectivity index (χ2v) is 8.74. The van der Waals surface area contributed by atoms with Crippen LogP contribution in [0.25, 0.3) is 11.0 Å². The number of aryl methyl sites for hydroxylation is 2. The molecule has 0 radical (unpaired) electrons. The minimum Gasteiger partial charge on any atom is -0.497 e. The molecule has 5 heteroatoms. The summed E-state index contributed by atoms with van der Waals surface area (Å²) < 4.78 is 7.70. The molecule has 0 N–H and O–H groups in total. The smallest absolute Gasteiger partial charge is 0.210 e. The molecule has 1 aliphatic rings. The van der Waals surface area contributed by atoms with Crippen LogP contribution >= 0.6 is 11.6 Å². The Morgan fingerprint density at radius 2 is 1.90 bits per heavy atom. The summed E-state index contributed by atoms with van der Waals surface area (Å²) in [5, 5.41) is 0.731. The maximum absolute atomic E-state index is 6.64. The Hall–Kier alpha value is -2.20. The molecule has 2 aromatic carbocycles. The first-order valence-corrected chi connectivity index (χ1v) is 11.6. The normalized spacial score (nSPS) is 13.9. The second-order valence-electron chi connectivity index (χ2n) is 8.33. The first-order valence-electron chi connectivity index (χ1n) is 11.2. The Morgan fingerprint density at radius 1 is 1.13 bits per heavy atom. The number of aromatic nitrogens is 2. The third-order valence-electron chi connectivity index (χ3n) is 6.34. The van der Waals surface area contributed by atoms with E-state index in [4.69, 9.17) is 21.3 Å². The van der Waals surface area contributed by atoms with E-state index in [1.807, 2.05) is 12.1 Å². The van der Waals surface area contributed by atoms with Gasteiger partial charge in [-0.3, -0.25) is 0 Å². The maximum Gasteiger partial charge on any atom is 0.210 e. The third kappa shape index (κ3) is 3.66. The van der Waals surface area contributed by atoms with Crippen LogP contribution in [-0.4, -0.2) is 23.2 Å². The van der Waals surface area contributed by atoms with Gasteiger partial charge in [-0.1, -0.05) is 44.4 Å². The van der Waals surface area contributed by atoms with Gasteiger partial charge in [0, 0.05) is 19.3 Å². The van der Waals surface area contributed by atoms with Crippen LogP contribution in [0.1, 0.15) is 63.0 Å². The van der Waals surface area contributed by atoms with Crippen LogP contribution in [0.4, 0.5) is 11.6 Å². The first-order chi connectivity index (χ1) is 14.6. The lowest BCUT2D eigenvalue weighted by Crippen LogP contribution is -2.27. The average molecular weight is 426 g/mol. The van der Waals surface area contributed by atoms with Gasteiger partial charge in [0.2, 0.25) is 5.95 Å². The van der Waals surface area contributed by atoms with Crippen molar-refractivity contribution in [2.45, 2.75) is 58.3 Å². The van der Waals surface area contributed by atoms with E-state index < -0.39 is 0 Å². The lowest BCUT2D eigenvalue weighted by Gasteiger charge is -2.30. The van der Waals surface area contributed by atoms with Crippen molar-refractivity contribution in [3.63, 3.8) is 0 Å². The molecule has 0 unspecified atom stereocenters. The molecule has 2 heterocycles. The van der Waals surface area contributed by atoms with Gasteiger partial charge in [0.25, 0.3) is 0 Å². The molecule has 0 atom stereocenters. The quantitative estimate of drug-likeness (QED) is 0.408. The average Bonchev–Trinajstić information content (AvgIpc) is 3.11. The van der Waals surface area contributed by atoms with Gasteiger partial charge in [-0.15, -0.1) is 0 Å². The Morgan fingerprint density at radius 3 is 2.60 bits per heavy atom. The van der Waals surface area contributed by atoms with Gasteiger partial charge in [-0.2, -0.15) is 0 Å². The van der Waals surface area contributed by atoms with E-state index in [0.717, 1.165) is 41.6 Å². The van der Waals surface area contributed by atoms with Gasteiger partial charge in [0.1, 0.15) is 11.3 Å². The second kappa shape index (κ2) is 8.89. The molecule has 1 aromatic heterocycles. The van der Waals surface area contributed by atoms with Crippen molar-refractivity contribution in [2.75, 3.05) is 18.6 Å². The zero-order valence-corrected chi connectivity index (χ0v) is 19.3. The van der Waals surface area contributed by atoms with Crippen LogP contribution in [-0.2, 0) is 13.5 Å². The van der Waals surface area contributed by atoms with Gasteiger partial charge < -0.3 is 14.2 Å². The highest BCUT2D eigenvalue weighted by molar-refractivity contribution is 6.35. The molecular weight excluding hydrogens is 394 g/mol. The summed E-state index contributed by atoms with van der Waals surface area (Å²) in [6, 6.07) is 10.6. The highest BCUT2D eigenvalue weighted by Crippen LogP contribution is 2.40. The number of methoxy groups -OCH3 is 1. The molecule has 0 bridgehead atoms. The zero-order valence-electron chi connectivity index (χ0n) is 18.5. The molecule has 0 spiro atoms. The molecule has 0 amide bonds. The van der Waals surface area contributed by atoms with Crippen LogP contribution in [0, 0.1) is 0 Å². The Balaban J connectivity index is 1.85. The molecule has 0 fully saturated rings. The highest BCUT2D eigenvalue weighted by atomic mass is 35.5. The molecular formula is C25H32ClN3O. The summed E-state index contributed by atoms with van der Waals surface area (Å²) in [5.74, 6) is 2.42. The molecule has 4 nitrogen and oxygen atoms in total. The Bertz CT molecular complexity index is 1040. The van der Waals surface area contributed by atoms with E-state index >= 15 is 0 Å². The number of benzene rings is 2. The van der Waals surface area contributed by atoms with Gasteiger partial charge in [-0.05, 0) is 67.0 Å². The lowest BCUT2D eigenvalue weighted by molar-refractivity contribution is 0.414. The number of imidazole rings is 1. The first kappa shape index (κ1) is 21.0. The van der Waals surface area contributed by atoms with Crippen LogP contribution in [0.2, 0.25) is 5.02 Å². The number of rotatable bonds is 7. The van der Waals surface area contributed by atoms with Crippen molar-refractivity contribution in [1.82, 2.24) is 9.55 Å². The van der Waals surface area contributed by atoms with Crippen molar-refractivity contribution in [3.05, 3.63) is 46.5 Å². The fraction of sp³-hybridized carbons (Fsp3) is 0.480. The molecule has 4 rings (SSSR count). The van der Waals surface area contributed by atoms with Gasteiger partial charge in [-0.25, -0.2) is 4.98 Å². The summed E-state index contributed by atoms with van der Waals surface area (Å²) in [7, 11) is 3.86. The van der Waals surface area contributed by atoms with Crippen LogP contribution in [0.5, 0.6) is 5.75 Å². The molecule has 0 saturated carbocycles. The van der Waals surface area contributed by atoms with Crippen LogP contribution < -0.4 is 9.64 Å². The minimum absolute atomic E-state index is 0.543. The van der Waals surface area contributed by atoms with Crippen LogP contribution in [0.3, 0.4) is 0 Å². The van der Waals surface area contributed by atoms with Gasteiger partial charge in [0.05, 0.1) is 17.6 Å². The monoisotopic (exact) mass is 425 g/mol. The number of halogens is 1. The van der Waals surface area contributed by atoms with Crippen LogP contribution in [0.15, 0.2) is 30.3 Å². The van der Waals surface area contributed by atoms with Crippen molar-refractivity contribution < 1.29 is 4.74 Å². The van der Waals surface area contributed by atoms with Crippen molar-refractivity contribution >= 4 is 34.3 Å². The minimum atomic E-state index is 0.543. The van der Waals surface area contributed by atoms with E-state index in [0.29, 0.717) is 5.92 Å². The Labute approximate surface area is 184 Å². The highest BCUT2D eigenvalue weighted by Gasteiger charge is 2.26. The van der Waals surface area contributed by atoms with Gasteiger partial charge >= 0.3 is 0 Å². The number of nitrogens with zero attached hydrogens (tertiary/aromatic N) is 3. The summed E-state index contributed by atoms with van der Waals surface area (Å²) in [4.78, 5) is 7.41. The summed E-state index contributed by atoms with van der Waals surface area (Å²) in [6.45, 7) is 5.49.